The van der Waals surface area contributed by atoms with Gasteiger partial charge in [-0.2, -0.15) is 0 Å². The first-order valence-electron chi connectivity index (χ1n) is 7.78. The van der Waals surface area contributed by atoms with Gasteiger partial charge < -0.3 is 10.1 Å². The van der Waals surface area contributed by atoms with Crippen LogP contribution in [-0.4, -0.2) is 15.9 Å². The van der Waals surface area contributed by atoms with E-state index in [0.717, 1.165) is 16.6 Å². The molecule has 0 aliphatic rings. The smallest absolute Gasteiger partial charge is 0.198 e. The summed E-state index contributed by atoms with van der Waals surface area (Å²) in [5, 5.41) is 11.4. The number of aromatic nitrogens is 1. The zero-order valence-corrected chi connectivity index (χ0v) is 13.6. The van der Waals surface area contributed by atoms with Gasteiger partial charge in [-0.25, -0.2) is 0 Å². The van der Waals surface area contributed by atoms with Crippen LogP contribution in [0.4, 0.5) is 0 Å². The van der Waals surface area contributed by atoms with E-state index in [4.69, 9.17) is 0 Å². The molecule has 0 radical (unpaired) electrons. The number of benzene rings is 2. The molecular formula is C20H21NO2. The van der Waals surface area contributed by atoms with Crippen LogP contribution in [0.1, 0.15) is 48.5 Å². The van der Waals surface area contributed by atoms with Crippen molar-refractivity contribution >= 4 is 16.7 Å². The van der Waals surface area contributed by atoms with Crippen LogP contribution in [0.5, 0.6) is 0 Å². The standard InChI is InChI=1S/C20H21NO2/c1-20(2,3)19-16(14-11-7-8-12-15(14)21-19)18(23)17(22)13-9-5-4-6-10-13/h4-12,17,21-22H,1-3H3. The molecule has 1 heterocycles. The lowest BCUT2D eigenvalue weighted by Gasteiger charge is -2.20. The van der Waals surface area contributed by atoms with E-state index in [1.165, 1.54) is 0 Å². The number of aromatic amines is 1. The number of fused-ring (bicyclic) bond motifs is 1. The van der Waals surface area contributed by atoms with E-state index < -0.39 is 6.10 Å². The number of aliphatic hydroxyl groups excluding tert-OH is 1. The minimum Gasteiger partial charge on any atom is -0.380 e. The summed E-state index contributed by atoms with van der Waals surface area (Å²) in [5.74, 6) is -0.265. The molecule has 1 atom stereocenters. The van der Waals surface area contributed by atoms with Gasteiger partial charge in [-0.05, 0) is 11.6 Å². The highest BCUT2D eigenvalue weighted by Gasteiger charge is 2.30. The number of aliphatic hydroxyl groups is 1. The minimum atomic E-state index is -1.16. The van der Waals surface area contributed by atoms with Gasteiger partial charge in [-0.15, -0.1) is 0 Å². The van der Waals surface area contributed by atoms with Crippen molar-refractivity contribution in [1.82, 2.24) is 4.98 Å². The fourth-order valence-electron chi connectivity index (χ4n) is 2.88. The van der Waals surface area contributed by atoms with Gasteiger partial charge in [0.2, 0.25) is 0 Å². The summed E-state index contributed by atoms with van der Waals surface area (Å²) >= 11 is 0. The number of rotatable bonds is 3. The van der Waals surface area contributed by atoms with Gasteiger partial charge in [0.25, 0.3) is 0 Å². The molecule has 0 amide bonds. The second-order valence-corrected chi connectivity index (χ2v) is 6.85. The number of ketones is 1. The summed E-state index contributed by atoms with van der Waals surface area (Å²) in [4.78, 5) is 16.4. The third-order valence-electron chi connectivity index (χ3n) is 4.07. The van der Waals surface area contributed by atoms with Crippen molar-refractivity contribution in [1.29, 1.82) is 0 Å². The number of nitrogens with one attached hydrogen (secondary N) is 1. The van der Waals surface area contributed by atoms with E-state index in [0.29, 0.717) is 11.1 Å². The molecule has 1 aromatic heterocycles. The first-order valence-corrected chi connectivity index (χ1v) is 7.78. The van der Waals surface area contributed by atoms with Crippen LogP contribution in [-0.2, 0) is 5.41 Å². The van der Waals surface area contributed by atoms with Crippen LogP contribution in [0.3, 0.4) is 0 Å². The maximum atomic E-state index is 13.0. The molecule has 118 valence electrons. The molecule has 2 aromatic carbocycles. The van der Waals surface area contributed by atoms with Gasteiger partial charge in [-0.3, -0.25) is 4.79 Å². The molecule has 0 saturated heterocycles. The Morgan fingerprint density at radius 2 is 1.61 bits per heavy atom. The molecule has 0 spiro atoms. The zero-order chi connectivity index (χ0) is 16.6. The molecule has 0 saturated carbocycles. The monoisotopic (exact) mass is 307 g/mol. The van der Waals surface area contributed by atoms with Crippen molar-refractivity contribution in [2.75, 3.05) is 0 Å². The Bertz CT molecular complexity index is 841. The Hall–Kier alpha value is -2.39. The number of carbonyl (C=O) groups is 1. The lowest BCUT2D eigenvalue weighted by Crippen LogP contribution is -2.20. The van der Waals surface area contributed by atoms with Gasteiger partial charge in [0.1, 0.15) is 6.10 Å². The van der Waals surface area contributed by atoms with E-state index in [9.17, 15) is 9.90 Å². The van der Waals surface area contributed by atoms with E-state index >= 15 is 0 Å². The lowest BCUT2D eigenvalue weighted by molar-refractivity contribution is 0.0747. The van der Waals surface area contributed by atoms with Crippen molar-refractivity contribution in [3.63, 3.8) is 0 Å². The quantitative estimate of drug-likeness (QED) is 0.705. The van der Waals surface area contributed by atoms with Crippen LogP contribution in [0.15, 0.2) is 54.6 Å². The summed E-state index contributed by atoms with van der Waals surface area (Å²) in [6.45, 7) is 6.18. The van der Waals surface area contributed by atoms with Crippen LogP contribution in [0.2, 0.25) is 0 Å². The predicted octanol–water partition coefficient (Wildman–Crippen LogP) is 4.38. The molecule has 2 N–H and O–H groups in total. The fraction of sp³-hybridized carbons (Fsp3) is 0.250. The van der Waals surface area contributed by atoms with Crippen LogP contribution >= 0.6 is 0 Å². The molecule has 0 aliphatic heterocycles. The number of hydrogen-bond donors (Lipinski definition) is 2. The van der Waals surface area contributed by atoms with Crippen molar-refractivity contribution in [3.05, 3.63) is 71.4 Å². The number of hydrogen-bond acceptors (Lipinski definition) is 2. The largest absolute Gasteiger partial charge is 0.380 e. The maximum absolute atomic E-state index is 13.0. The predicted molar refractivity (Wildman–Crippen MR) is 92.7 cm³/mol. The normalized spacial score (nSPS) is 13.2. The highest BCUT2D eigenvalue weighted by molar-refractivity contribution is 6.11. The summed E-state index contributed by atoms with van der Waals surface area (Å²) < 4.78 is 0. The molecule has 0 bridgehead atoms. The Balaban J connectivity index is 2.16. The number of carbonyl (C=O) groups excluding carboxylic acids is 1. The molecule has 1 unspecified atom stereocenters. The molecule has 3 aromatic rings. The van der Waals surface area contributed by atoms with Crippen molar-refractivity contribution in [2.45, 2.75) is 32.3 Å². The fourth-order valence-corrected chi connectivity index (χ4v) is 2.88. The third-order valence-corrected chi connectivity index (χ3v) is 4.07. The minimum absolute atomic E-state index is 0.222. The Labute approximate surface area is 136 Å². The second kappa shape index (κ2) is 5.67. The van der Waals surface area contributed by atoms with Gasteiger partial charge in [0.05, 0.1) is 0 Å². The van der Waals surface area contributed by atoms with Crippen LogP contribution in [0.25, 0.3) is 10.9 Å². The number of H-pyrrole nitrogens is 1. The second-order valence-electron chi connectivity index (χ2n) is 6.85. The Morgan fingerprint density at radius 1 is 1.00 bits per heavy atom. The first-order chi connectivity index (χ1) is 10.9. The number of para-hydroxylation sites is 1. The third kappa shape index (κ3) is 2.80. The summed E-state index contributed by atoms with van der Waals surface area (Å²) in [5.41, 5.74) is 2.76. The van der Waals surface area contributed by atoms with Crippen molar-refractivity contribution in [3.8, 4) is 0 Å². The van der Waals surface area contributed by atoms with Crippen molar-refractivity contribution in [2.24, 2.45) is 0 Å². The van der Waals surface area contributed by atoms with E-state index in [2.05, 4.69) is 25.8 Å². The molecule has 3 heteroatoms. The molecular weight excluding hydrogens is 286 g/mol. The molecule has 0 aliphatic carbocycles. The lowest BCUT2D eigenvalue weighted by atomic mass is 9.86. The Morgan fingerprint density at radius 3 is 2.26 bits per heavy atom. The van der Waals surface area contributed by atoms with Gasteiger partial charge >= 0.3 is 0 Å². The molecule has 3 nitrogen and oxygen atoms in total. The highest BCUT2D eigenvalue weighted by Crippen LogP contribution is 2.34. The molecule has 0 fully saturated rings. The average Bonchev–Trinajstić information content (AvgIpc) is 2.94. The Kier molecular flexibility index (Phi) is 3.82. The highest BCUT2D eigenvalue weighted by atomic mass is 16.3. The summed E-state index contributed by atoms with van der Waals surface area (Å²) in [6, 6.07) is 16.8. The van der Waals surface area contributed by atoms with E-state index in [1.807, 2.05) is 42.5 Å². The topological polar surface area (TPSA) is 53.1 Å². The van der Waals surface area contributed by atoms with Gasteiger partial charge in [0, 0.05) is 27.6 Å². The maximum Gasteiger partial charge on any atom is 0.198 e. The van der Waals surface area contributed by atoms with Gasteiger partial charge in [0.15, 0.2) is 5.78 Å². The van der Waals surface area contributed by atoms with E-state index in [-0.39, 0.29) is 11.2 Å². The van der Waals surface area contributed by atoms with Crippen molar-refractivity contribution < 1.29 is 9.90 Å². The number of Topliss-reactive ketones (excluding diaryl/α,β-unsaturated/α-hetero) is 1. The van der Waals surface area contributed by atoms with E-state index in [1.54, 1.807) is 12.1 Å². The SMILES string of the molecule is CC(C)(C)c1[nH]c2ccccc2c1C(=O)C(O)c1ccccc1. The van der Waals surface area contributed by atoms with Crippen LogP contribution < -0.4 is 0 Å². The molecule has 3 rings (SSSR count). The van der Waals surface area contributed by atoms with Crippen LogP contribution in [0, 0.1) is 0 Å². The first kappa shape index (κ1) is 15.5. The summed E-state index contributed by atoms with van der Waals surface area (Å²) in [6.07, 6.45) is -1.16. The molecule has 23 heavy (non-hydrogen) atoms. The van der Waals surface area contributed by atoms with Gasteiger partial charge in [-0.1, -0.05) is 69.3 Å². The average molecular weight is 307 g/mol. The zero-order valence-electron chi connectivity index (χ0n) is 13.6. The summed E-state index contributed by atoms with van der Waals surface area (Å²) in [7, 11) is 0.